The number of aryl methyl sites for hydroxylation is 2. The molecular formula is C12H17ClO. The summed E-state index contributed by atoms with van der Waals surface area (Å²) in [5.74, 6) is 0.804. The van der Waals surface area contributed by atoms with Crippen molar-refractivity contribution in [3.8, 4) is 5.75 Å². The highest BCUT2D eigenvalue weighted by Crippen LogP contribution is 2.30. The Morgan fingerprint density at radius 1 is 1.36 bits per heavy atom. The lowest BCUT2D eigenvalue weighted by Crippen LogP contribution is -2.06. The summed E-state index contributed by atoms with van der Waals surface area (Å²) in [5, 5.41) is 0.732. The van der Waals surface area contributed by atoms with Crippen LogP contribution in [0.4, 0.5) is 0 Å². The van der Waals surface area contributed by atoms with Crippen LogP contribution in [0.1, 0.15) is 31.9 Å². The van der Waals surface area contributed by atoms with Crippen LogP contribution in [0.25, 0.3) is 0 Å². The number of ether oxygens (including phenoxy) is 1. The van der Waals surface area contributed by atoms with Crippen molar-refractivity contribution >= 4 is 11.6 Å². The number of hydrogen-bond acceptors (Lipinski definition) is 1. The molecular weight excluding hydrogens is 196 g/mol. The topological polar surface area (TPSA) is 9.23 Å². The van der Waals surface area contributed by atoms with E-state index in [-0.39, 0.29) is 6.10 Å². The second-order valence-electron chi connectivity index (χ2n) is 3.74. The van der Waals surface area contributed by atoms with Crippen LogP contribution in [0, 0.1) is 6.92 Å². The van der Waals surface area contributed by atoms with Crippen LogP contribution >= 0.6 is 11.6 Å². The molecule has 0 amide bonds. The van der Waals surface area contributed by atoms with Gasteiger partial charge in [-0.2, -0.15) is 0 Å². The summed E-state index contributed by atoms with van der Waals surface area (Å²) in [4.78, 5) is 0. The summed E-state index contributed by atoms with van der Waals surface area (Å²) in [6, 6.07) is 4.13. The molecule has 0 fully saturated rings. The van der Waals surface area contributed by atoms with Gasteiger partial charge in [0.2, 0.25) is 0 Å². The van der Waals surface area contributed by atoms with Crippen molar-refractivity contribution in [2.24, 2.45) is 0 Å². The van der Waals surface area contributed by atoms with Gasteiger partial charge in [0.15, 0.2) is 0 Å². The van der Waals surface area contributed by atoms with Crippen LogP contribution in [0.3, 0.4) is 0 Å². The summed E-state index contributed by atoms with van der Waals surface area (Å²) < 4.78 is 5.64. The maximum absolute atomic E-state index is 6.14. The highest BCUT2D eigenvalue weighted by Gasteiger charge is 2.07. The first-order valence-electron chi connectivity index (χ1n) is 5.00. The second-order valence-corrected chi connectivity index (χ2v) is 4.12. The lowest BCUT2D eigenvalue weighted by molar-refractivity contribution is 0.242. The summed E-state index contributed by atoms with van der Waals surface area (Å²) in [7, 11) is 0. The van der Waals surface area contributed by atoms with E-state index >= 15 is 0 Å². The summed E-state index contributed by atoms with van der Waals surface area (Å²) >= 11 is 6.14. The average molecular weight is 213 g/mol. The number of halogens is 1. The molecule has 2 heteroatoms. The third-order valence-electron chi connectivity index (χ3n) is 2.05. The zero-order valence-corrected chi connectivity index (χ0v) is 9.98. The molecule has 0 aromatic heterocycles. The monoisotopic (exact) mass is 212 g/mol. The van der Waals surface area contributed by atoms with Crippen molar-refractivity contribution < 1.29 is 4.74 Å². The Bertz CT molecular complexity index is 318. The Hall–Kier alpha value is -0.690. The zero-order chi connectivity index (χ0) is 10.7. The maximum atomic E-state index is 6.14. The highest BCUT2D eigenvalue weighted by molar-refractivity contribution is 6.32. The first kappa shape index (κ1) is 11.4. The lowest BCUT2D eigenvalue weighted by atomic mass is 10.1. The normalized spacial score (nSPS) is 10.7. The zero-order valence-electron chi connectivity index (χ0n) is 9.23. The molecule has 0 saturated heterocycles. The van der Waals surface area contributed by atoms with Crippen molar-refractivity contribution in [3.05, 3.63) is 28.3 Å². The van der Waals surface area contributed by atoms with Crippen molar-refractivity contribution in [2.75, 3.05) is 0 Å². The van der Waals surface area contributed by atoms with Crippen LogP contribution in [-0.4, -0.2) is 6.10 Å². The highest BCUT2D eigenvalue weighted by atomic mass is 35.5. The van der Waals surface area contributed by atoms with Gasteiger partial charge in [0.05, 0.1) is 11.1 Å². The molecule has 0 aliphatic rings. The van der Waals surface area contributed by atoms with Gasteiger partial charge in [-0.25, -0.2) is 0 Å². The quantitative estimate of drug-likeness (QED) is 0.736. The van der Waals surface area contributed by atoms with E-state index in [9.17, 15) is 0 Å². The predicted molar refractivity (Wildman–Crippen MR) is 61.3 cm³/mol. The van der Waals surface area contributed by atoms with Crippen molar-refractivity contribution in [3.63, 3.8) is 0 Å². The molecule has 0 aliphatic heterocycles. The number of benzene rings is 1. The van der Waals surface area contributed by atoms with Crippen LogP contribution in [0.15, 0.2) is 12.1 Å². The fraction of sp³-hybridized carbons (Fsp3) is 0.500. The van der Waals surface area contributed by atoms with E-state index in [0.29, 0.717) is 0 Å². The predicted octanol–water partition coefficient (Wildman–Crippen LogP) is 4.00. The molecule has 1 aromatic carbocycles. The van der Waals surface area contributed by atoms with Crippen molar-refractivity contribution in [1.82, 2.24) is 0 Å². The van der Waals surface area contributed by atoms with Crippen molar-refractivity contribution in [1.29, 1.82) is 0 Å². The van der Waals surface area contributed by atoms with Crippen LogP contribution < -0.4 is 4.74 Å². The molecule has 1 nitrogen and oxygen atoms in total. The van der Waals surface area contributed by atoms with E-state index in [1.54, 1.807) is 0 Å². The Morgan fingerprint density at radius 2 is 2.00 bits per heavy atom. The first-order valence-corrected chi connectivity index (χ1v) is 5.38. The minimum absolute atomic E-state index is 0.166. The van der Waals surface area contributed by atoms with Gasteiger partial charge < -0.3 is 4.74 Å². The third kappa shape index (κ3) is 2.65. The second kappa shape index (κ2) is 4.70. The molecule has 0 aliphatic carbocycles. The fourth-order valence-electron chi connectivity index (χ4n) is 1.35. The Labute approximate surface area is 91.0 Å². The summed E-state index contributed by atoms with van der Waals surface area (Å²) in [6.07, 6.45) is 1.17. The van der Waals surface area contributed by atoms with Gasteiger partial charge in [-0.1, -0.05) is 24.6 Å². The minimum Gasteiger partial charge on any atom is -0.489 e. The number of hydrogen-bond donors (Lipinski definition) is 0. The van der Waals surface area contributed by atoms with Gasteiger partial charge in [0.1, 0.15) is 5.75 Å². The van der Waals surface area contributed by atoms with E-state index in [2.05, 4.69) is 13.0 Å². The van der Waals surface area contributed by atoms with Gasteiger partial charge in [-0.3, -0.25) is 0 Å². The molecule has 0 N–H and O–H groups in total. The van der Waals surface area contributed by atoms with Gasteiger partial charge in [0.25, 0.3) is 0 Å². The average Bonchev–Trinajstić information content (AvgIpc) is 2.11. The smallest absolute Gasteiger partial charge is 0.138 e. The van der Waals surface area contributed by atoms with Gasteiger partial charge in [-0.05, 0) is 44.4 Å². The maximum Gasteiger partial charge on any atom is 0.138 e. The summed E-state index contributed by atoms with van der Waals surface area (Å²) in [6.45, 7) is 8.14. The number of rotatable bonds is 3. The van der Waals surface area contributed by atoms with Gasteiger partial charge >= 0.3 is 0 Å². The molecule has 14 heavy (non-hydrogen) atoms. The van der Waals surface area contributed by atoms with E-state index < -0.39 is 0 Å². The molecule has 0 heterocycles. The van der Waals surface area contributed by atoms with E-state index in [4.69, 9.17) is 16.3 Å². The van der Waals surface area contributed by atoms with Crippen LogP contribution in [0.2, 0.25) is 5.02 Å². The molecule has 78 valence electrons. The molecule has 0 radical (unpaired) electrons. The third-order valence-corrected chi connectivity index (χ3v) is 2.54. The molecule has 0 spiro atoms. The molecule has 0 atom stereocenters. The van der Waals surface area contributed by atoms with Crippen molar-refractivity contribution in [2.45, 2.75) is 40.2 Å². The Kier molecular flexibility index (Phi) is 3.82. The van der Waals surface area contributed by atoms with E-state index in [0.717, 1.165) is 22.8 Å². The molecule has 0 saturated carbocycles. The molecule has 1 rings (SSSR count). The van der Waals surface area contributed by atoms with Gasteiger partial charge in [-0.15, -0.1) is 0 Å². The molecule has 0 bridgehead atoms. The molecule has 1 aromatic rings. The summed E-state index contributed by atoms with van der Waals surface area (Å²) in [5.41, 5.74) is 2.35. The van der Waals surface area contributed by atoms with Gasteiger partial charge in [0, 0.05) is 0 Å². The minimum atomic E-state index is 0.166. The first-order chi connectivity index (χ1) is 6.54. The van der Waals surface area contributed by atoms with Crippen LogP contribution in [-0.2, 0) is 6.42 Å². The standard InChI is InChI=1S/C12H17ClO/c1-5-10-6-9(4)12(13)11(7-10)14-8(2)3/h6-8H,5H2,1-4H3. The van der Waals surface area contributed by atoms with Crippen LogP contribution in [0.5, 0.6) is 5.75 Å². The SMILES string of the molecule is CCc1cc(C)c(Cl)c(OC(C)C)c1. The molecule has 0 unspecified atom stereocenters. The fourth-order valence-corrected chi connectivity index (χ4v) is 1.51. The Balaban J connectivity index is 3.07. The Morgan fingerprint density at radius 3 is 2.50 bits per heavy atom. The van der Waals surface area contributed by atoms with E-state index in [1.165, 1.54) is 5.56 Å². The van der Waals surface area contributed by atoms with E-state index in [1.807, 2.05) is 26.8 Å². The largest absolute Gasteiger partial charge is 0.489 e. The lowest BCUT2D eigenvalue weighted by Gasteiger charge is -2.14.